The summed E-state index contributed by atoms with van der Waals surface area (Å²) in [6, 6.07) is 4.36. The Hall–Kier alpha value is -0.840. The first-order valence-corrected chi connectivity index (χ1v) is 7.40. The SMILES string of the molecule is CC(C)CNCc1cccn1CCN1CCOCC1. The monoisotopic (exact) mass is 265 g/mol. The molecule has 1 aromatic heterocycles. The summed E-state index contributed by atoms with van der Waals surface area (Å²) in [4.78, 5) is 2.48. The van der Waals surface area contributed by atoms with Crippen LogP contribution in [0.4, 0.5) is 0 Å². The normalized spacial score (nSPS) is 17.2. The van der Waals surface area contributed by atoms with E-state index in [0.29, 0.717) is 5.92 Å². The molecule has 1 aromatic rings. The van der Waals surface area contributed by atoms with Crippen LogP contribution in [0.5, 0.6) is 0 Å². The van der Waals surface area contributed by atoms with Crippen LogP contribution in [0.2, 0.25) is 0 Å². The smallest absolute Gasteiger partial charge is 0.0594 e. The van der Waals surface area contributed by atoms with Gasteiger partial charge in [0, 0.05) is 44.6 Å². The van der Waals surface area contributed by atoms with Gasteiger partial charge in [0.1, 0.15) is 0 Å². The van der Waals surface area contributed by atoms with Crippen molar-refractivity contribution in [2.24, 2.45) is 5.92 Å². The molecule has 0 atom stereocenters. The Morgan fingerprint density at radius 1 is 1.26 bits per heavy atom. The Morgan fingerprint density at radius 3 is 2.79 bits per heavy atom. The van der Waals surface area contributed by atoms with Crippen LogP contribution in [0, 0.1) is 5.92 Å². The lowest BCUT2D eigenvalue weighted by molar-refractivity contribution is 0.0363. The van der Waals surface area contributed by atoms with Crippen LogP contribution in [0.15, 0.2) is 18.3 Å². The lowest BCUT2D eigenvalue weighted by atomic mass is 10.2. The Kier molecular flexibility index (Phi) is 5.89. The van der Waals surface area contributed by atoms with E-state index in [9.17, 15) is 0 Å². The van der Waals surface area contributed by atoms with Gasteiger partial charge in [-0.25, -0.2) is 0 Å². The predicted molar refractivity (Wildman–Crippen MR) is 78.2 cm³/mol. The second kappa shape index (κ2) is 7.68. The van der Waals surface area contributed by atoms with Gasteiger partial charge < -0.3 is 14.6 Å². The zero-order chi connectivity index (χ0) is 13.5. The van der Waals surface area contributed by atoms with Crippen molar-refractivity contribution in [3.8, 4) is 0 Å². The van der Waals surface area contributed by atoms with E-state index < -0.39 is 0 Å². The van der Waals surface area contributed by atoms with Crippen LogP contribution in [0.25, 0.3) is 0 Å². The Balaban J connectivity index is 1.75. The van der Waals surface area contributed by atoms with Gasteiger partial charge in [0.05, 0.1) is 13.2 Å². The van der Waals surface area contributed by atoms with E-state index in [4.69, 9.17) is 4.74 Å². The van der Waals surface area contributed by atoms with Crippen molar-refractivity contribution in [1.29, 1.82) is 0 Å². The van der Waals surface area contributed by atoms with Crippen molar-refractivity contribution in [2.45, 2.75) is 26.9 Å². The van der Waals surface area contributed by atoms with E-state index in [0.717, 1.165) is 52.5 Å². The maximum atomic E-state index is 5.38. The molecule has 1 aliphatic heterocycles. The molecule has 1 saturated heterocycles. The maximum Gasteiger partial charge on any atom is 0.0594 e. The van der Waals surface area contributed by atoms with Crippen LogP contribution in [0.1, 0.15) is 19.5 Å². The molecular formula is C15H27N3O. The third-order valence-corrected chi connectivity index (χ3v) is 3.54. The number of rotatable bonds is 7. The number of nitrogens with one attached hydrogen (secondary N) is 1. The maximum absolute atomic E-state index is 5.38. The number of hydrogen-bond acceptors (Lipinski definition) is 3. The van der Waals surface area contributed by atoms with Crippen molar-refractivity contribution >= 4 is 0 Å². The summed E-state index contributed by atoms with van der Waals surface area (Å²) in [6.45, 7) is 12.6. The first kappa shape index (κ1) is 14.6. The van der Waals surface area contributed by atoms with Crippen LogP contribution < -0.4 is 5.32 Å². The van der Waals surface area contributed by atoms with E-state index in [-0.39, 0.29) is 0 Å². The van der Waals surface area contributed by atoms with Gasteiger partial charge in [0.15, 0.2) is 0 Å². The minimum atomic E-state index is 0.705. The highest BCUT2D eigenvalue weighted by molar-refractivity contribution is 5.07. The molecule has 1 N–H and O–H groups in total. The average Bonchev–Trinajstić information content (AvgIpc) is 2.85. The van der Waals surface area contributed by atoms with Gasteiger partial charge in [0.2, 0.25) is 0 Å². The summed E-state index contributed by atoms with van der Waals surface area (Å²) < 4.78 is 7.74. The van der Waals surface area contributed by atoms with E-state index in [1.807, 2.05) is 0 Å². The lowest BCUT2D eigenvalue weighted by Crippen LogP contribution is -2.38. The Bertz CT molecular complexity index is 356. The molecule has 2 heterocycles. The molecule has 0 amide bonds. The number of hydrogen-bond donors (Lipinski definition) is 1. The summed E-state index contributed by atoms with van der Waals surface area (Å²) >= 11 is 0. The van der Waals surface area contributed by atoms with Crippen molar-refractivity contribution in [3.63, 3.8) is 0 Å². The van der Waals surface area contributed by atoms with Gasteiger partial charge in [0.25, 0.3) is 0 Å². The van der Waals surface area contributed by atoms with E-state index in [1.54, 1.807) is 0 Å². The molecule has 0 radical (unpaired) electrons. The molecule has 0 unspecified atom stereocenters. The third-order valence-electron chi connectivity index (χ3n) is 3.54. The van der Waals surface area contributed by atoms with Gasteiger partial charge in [-0.05, 0) is 24.6 Å². The number of ether oxygens (including phenoxy) is 1. The van der Waals surface area contributed by atoms with Crippen molar-refractivity contribution in [1.82, 2.24) is 14.8 Å². The first-order valence-electron chi connectivity index (χ1n) is 7.40. The molecule has 0 saturated carbocycles. The van der Waals surface area contributed by atoms with Gasteiger partial charge in [-0.3, -0.25) is 4.90 Å². The minimum Gasteiger partial charge on any atom is -0.379 e. The molecule has 0 aromatic carbocycles. The molecule has 0 bridgehead atoms. The fourth-order valence-corrected chi connectivity index (χ4v) is 2.39. The van der Waals surface area contributed by atoms with Gasteiger partial charge >= 0.3 is 0 Å². The van der Waals surface area contributed by atoms with Crippen LogP contribution in [-0.4, -0.2) is 48.9 Å². The lowest BCUT2D eigenvalue weighted by Gasteiger charge is -2.27. The Labute approximate surface area is 116 Å². The van der Waals surface area contributed by atoms with Crippen LogP contribution in [0.3, 0.4) is 0 Å². The van der Waals surface area contributed by atoms with Crippen molar-refractivity contribution in [2.75, 3.05) is 39.4 Å². The summed E-state index contributed by atoms with van der Waals surface area (Å²) in [6.07, 6.45) is 2.19. The average molecular weight is 265 g/mol. The second-order valence-electron chi connectivity index (χ2n) is 5.67. The fraction of sp³-hybridized carbons (Fsp3) is 0.733. The zero-order valence-corrected chi connectivity index (χ0v) is 12.3. The molecule has 0 aliphatic carbocycles. The van der Waals surface area contributed by atoms with E-state index in [1.165, 1.54) is 5.69 Å². The number of morpholine rings is 1. The highest BCUT2D eigenvalue weighted by Crippen LogP contribution is 2.04. The summed E-state index contributed by atoms with van der Waals surface area (Å²) in [5, 5.41) is 3.51. The van der Waals surface area contributed by atoms with Crippen LogP contribution in [-0.2, 0) is 17.8 Å². The van der Waals surface area contributed by atoms with E-state index in [2.05, 4.69) is 47.0 Å². The first-order chi connectivity index (χ1) is 9.25. The molecule has 1 fully saturated rings. The molecule has 2 rings (SSSR count). The minimum absolute atomic E-state index is 0.705. The zero-order valence-electron chi connectivity index (χ0n) is 12.3. The summed E-state index contributed by atoms with van der Waals surface area (Å²) in [5.74, 6) is 0.705. The number of aromatic nitrogens is 1. The number of nitrogens with zero attached hydrogens (tertiary/aromatic N) is 2. The molecule has 0 spiro atoms. The van der Waals surface area contributed by atoms with Crippen molar-refractivity contribution in [3.05, 3.63) is 24.0 Å². The predicted octanol–water partition coefficient (Wildman–Crippen LogP) is 1.57. The highest BCUT2D eigenvalue weighted by atomic mass is 16.5. The molecule has 4 heteroatoms. The molecule has 108 valence electrons. The molecule has 1 aliphatic rings. The van der Waals surface area contributed by atoms with Gasteiger partial charge in [-0.2, -0.15) is 0 Å². The standard InChI is InChI=1S/C15H27N3O/c1-14(2)12-16-13-15-4-3-5-18(15)7-6-17-8-10-19-11-9-17/h3-5,14,16H,6-13H2,1-2H3. The second-order valence-corrected chi connectivity index (χ2v) is 5.67. The third kappa shape index (κ3) is 4.97. The summed E-state index contributed by atoms with van der Waals surface area (Å²) in [7, 11) is 0. The molecular weight excluding hydrogens is 238 g/mol. The summed E-state index contributed by atoms with van der Waals surface area (Å²) in [5.41, 5.74) is 1.38. The van der Waals surface area contributed by atoms with Crippen LogP contribution >= 0.6 is 0 Å². The Morgan fingerprint density at radius 2 is 2.05 bits per heavy atom. The van der Waals surface area contributed by atoms with Gasteiger partial charge in [-0.1, -0.05) is 13.8 Å². The molecule has 19 heavy (non-hydrogen) atoms. The van der Waals surface area contributed by atoms with Crippen molar-refractivity contribution < 1.29 is 4.74 Å². The van der Waals surface area contributed by atoms with Gasteiger partial charge in [-0.15, -0.1) is 0 Å². The topological polar surface area (TPSA) is 29.4 Å². The highest BCUT2D eigenvalue weighted by Gasteiger charge is 2.10. The molecule has 4 nitrogen and oxygen atoms in total. The van der Waals surface area contributed by atoms with E-state index >= 15 is 0 Å². The quantitative estimate of drug-likeness (QED) is 0.811. The largest absolute Gasteiger partial charge is 0.379 e. The fourth-order valence-electron chi connectivity index (χ4n) is 2.39.